The van der Waals surface area contributed by atoms with E-state index in [0.29, 0.717) is 13.2 Å². The predicted octanol–water partition coefficient (Wildman–Crippen LogP) is 1.70. The van der Waals surface area contributed by atoms with Crippen molar-refractivity contribution in [1.29, 1.82) is 0 Å². The van der Waals surface area contributed by atoms with Crippen molar-refractivity contribution in [3.63, 3.8) is 0 Å². The van der Waals surface area contributed by atoms with E-state index in [1.54, 1.807) is 0 Å². The van der Waals surface area contributed by atoms with Crippen LogP contribution in [-0.4, -0.2) is 59.5 Å². The molecule has 2 aromatic heterocycles. The number of ether oxygens (including phenoxy) is 1. The highest BCUT2D eigenvalue weighted by molar-refractivity contribution is 7.89. The molecule has 0 spiro atoms. The highest BCUT2D eigenvalue weighted by Crippen LogP contribution is 2.29. The molecule has 0 saturated carbocycles. The average Bonchev–Trinajstić information content (AvgIpc) is 3.20. The summed E-state index contributed by atoms with van der Waals surface area (Å²) >= 11 is 0. The van der Waals surface area contributed by atoms with E-state index in [0.717, 1.165) is 16.7 Å². The first-order valence-electron chi connectivity index (χ1n) is 9.53. The molecule has 3 aromatic rings. The lowest BCUT2D eigenvalue weighted by molar-refractivity contribution is -0.137. The first kappa shape index (κ1) is 22.2. The third-order valence-electron chi connectivity index (χ3n) is 4.93. The Bertz CT molecular complexity index is 1240. The van der Waals surface area contributed by atoms with Gasteiger partial charge in [-0.05, 0) is 36.4 Å². The van der Waals surface area contributed by atoms with Gasteiger partial charge in [-0.1, -0.05) is 0 Å². The van der Waals surface area contributed by atoms with Gasteiger partial charge in [0.2, 0.25) is 10.0 Å². The molecule has 0 unspecified atom stereocenters. The number of amides is 1. The fraction of sp³-hybridized carbons (Fsp3) is 0.316. The molecule has 1 fully saturated rings. The van der Waals surface area contributed by atoms with Gasteiger partial charge in [0.1, 0.15) is 0 Å². The highest BCUT2D eigenvalue weighted by Gasteiger charge is 2.31. The second-order valence-electron chi connectivity index (χ2n) is 6.98. The molecule has 9 nitrogen and oxygen atoms in total. The Labute approximate surface area is 180 Å². The van der Waals surface area contributed by atoms with Crippen LogP contribution >= 0.6 is 0 Å². The van der Waals surface area contributed by atoms with Gasteiger partial charge in [0.15, 0.2) is 11.5 Å². The molecule has 1 N–H and O–H groups in total. The number of nitrogens with zero attached hydrogens (tertiary/aromatic N) is 4. The maximum Gasteiger partial charge on any atom is 0.417 e. The molecular formula is C19H18F3N5O4S. The lowest BCUT2D eigenvalue weighted by Crippen LogP contribution is -2.40. The van der Waals surface area contributed by atoms with E-state index < -0.39 is 27.7 Å². The summed E-state index contributed by atoms with van der Waals surface area (Å²) in [5.41, 5.74) is -0.468. The smallest absolute Gasteiger partial charge is 0.379 e. The Kier molecular flexibility index (Phi) is 5.88. The van der Waals surface area contributed by atoms with E-state index in [9.17, 15) is 26.4 Å². The number of halogens is 3. The molecule has 0 bridgehead atoms. The second kappa shape index (κ2) is 8.48. The summed E-state index contributed by atoms with van der Waals surface area (Å²) in [6, 6.07) is 7.50. The molecule has 1 saturated heterocycles. The minimum absolute atomic E-state index is 0.0547. The van der Waals surface area contributed by atoms with Crippen molar-refractivity contribution < 1.29 is 31.1 Å². The Morgan fingerprint density at radius 2 is 1.75 bits per heavy atom. The van der Waals surface area contributed by atoms with Gasteiger partial charge in [-0.25, -0.2) is 8.42 Å². The number of carbonyl (C=O) groups is 1. The van der Waals surface area contributed by atoms with Crippen LogP contribution in [0.3, 0.4) is 0 Å². The molecule has 1 aliphatic heterocycles. The number of benzene rings is 1. The maximum absolute atomic E-state index is 12.9. The number of nitrogens with one attached hydrogen (secondary N) is 1. The first-order valence-corrected chi connectivity index (χ1v) is 11.0. The number of carbonyl (C=O) groups excluding carboxylic acids is 1. The zero-order chi connectivity index (χ0) is 22.9. The van der Waals surface area contributed by atoms with Crippen molar-refractivity contribution in [2.24, 2.45) is 0 Å². The number of fused-ring (bicyclic) bond motifs is 1. The Morgan fingerprint density at radius 3 is 2.41 bits per heavy atom. The zero-order valence-electron chi connectivity index (χ0n) is 16.5. The fourth-order valence-corrected chi connectivity index (χ4v) is 4.61. The van der Waals surface area contributed by atoms with Gasteiger partial charge in [0, 0.05) is 24.8 Å². The largest absolute Gasteiger partial charge is 0.417 e. The van der Waals surface area contributed by atoms with Gasteiger partial charge in [-0.3, -0.25) is 9.20 Å². The SMILES string of the molecule is O=C(NCc1nnc2ccc(C(F)(F)F)cn12)c1ccc(S(=O)(=O)N2CCOCC2)cc1. The minimum Gasteiger partial charge on any atom is -0.379 e. The van der Waals surface area contributed by atoms with Crippen molar-refractivity contribution in [3.8, 4) is 0 Å². The van der Waals surface area contributed by atoms with Crippen LogP contribution in [0.5, 0.6) is 0 Å². The molecule has 170 valence electrons. The number of hydrogen-bond acceptors (Lipinski definition) is 6. The summed E-state index contributed by atoms with van der Waals surface area (Å²) in [5, 5.41) is 10.2. The van der Waals surface area contributed by atoms with Gasteiger partial charge in [0.25, 0.3) is 5.91 Å². The molecule has 1 aromatic carbocycles. The Balaban J connectivity index is 1.46. The molecule has 32 heavy (non-hydrogen) atoms. The van der Waals surface area contributed by atoms with Gasteiger partial charge in [-0.15, -0.1) is 10.2 Å². The van der Waals surface area contributed by atoms with Crippen molar-refractivity contribution in [1.82, 2.24) is 24.2 Å². The third-order valence-corrected chi connectivity index (χ3v) is 6.84. The van der Waals surface area contributed by atoms with Crippen LogP contribution < -0.4 is 5.32 Å². The first-order chi connectivity index (χ1) is 15.2. The fourth-order valence-electron chi connectivity index (χ4n) is 3.20. The molecule has 3 heterocycles. The molecule has 0 radical (unpaired) electrons. The van der Waals surface area contributed by atoms with E-state index in [2.05, 4.69) is 15.5 Å². The second-order valence-corrected chi connectivity index (χ2v) is 8.92. The van der Waals surface area contributed by atoms with Crippen molar-refractivity contribution in [3.05, 3.63) is 59.5 Å². The van der Waals surface area contributed by atoms with E-state index in [-0.39, 0.29) is 41.6 Å². The number of sulfonamides is 1. The number of aromatic nitrogens is 3. The molecule has 0 aliphatic carbocycles. The number of hydrogen-bond donors (Lipinski definition) is 1. The van der Waals surface area contributed by atoms with Crippen molar-refractivity contribution >= 4 is 21.6 Å². The van der Waals surface area contributed by atoms with E-state index in [1.165, 1.54) is 34.6 Å². The van der Waals surface area contributed by atoms with Crippen molar-refractivity contribution in [2.45, 2.75) is 17.6 Å². The van der Waals surface area contributed by atoms with Crippen LogP contribution in [0, 0.1) is 0 Å². The normalized spacial score (nSPS) is 15.7. The standard InChI is InChI=1S/C19H18F3N5O4S/c20-19(21,22)14-3-6-16-24-25-17(27(16)12-14)11-23-18(28)13-1-4-15(5-2-13)32(29,30)26-7-9-31-10-8-26/h1-6,12H,7-11H2,(H,23,28). The van der Waals surface area contributed by atoms with E-state index >= 15 is 0 Å². The average molecular weight is 469 g/mol. The molecular weight excluding hydrogens is 451 g/mol. The number of rotatable bonds is 5. The van der Waals surface area contributed by atoms with E-state index in [1.807, 2.05) is 0 Å². The molecule has 1 amide bonds. The van der Waals surface area contributed by atoms with Crippen LogP contribution in [0.1, 0.15) is 21.7 Å². The van der Waals surface area contributed by atoms with Crippen LogP contribution in [0.25, 0.3) is 5.65 Å². The Hall–Kier alpha value is -3.03. The van der Waals surface area contributed by atoms with Crippen LogP contribution in [-0.2, 0) is 27.5 Å². The summed E-state index contributed by atoms with van der Waals surface area (Å²) in [4.78, 5) is 12.5. The lowest BCUT2D eigenvalue weighted by Gasteiger charge is -2.26. The Morgan fingerprint density at radius 1 is 1.06 bits per heavy atom. The van der Waals surface area contributed by atoms with Gasteiger partial charge in [0.05, 0.1) is 30.2 Å². The molecule has 13 heteroatoms. The molecule has 0 atom stereocenters. The van der Waals surface area contributed by atoms with Gasteiger partial charge < -0.3 is 10.1 Å². The van der Waals surface area contributed by atoms with Crippen LogP contribution in [0.15, 0.2) is 47.5 Å². The lowest BCUT2D eigenvalue weighted by atomic mass is 10.2. The van der Waals surface area contributed by atoms with E-state index in [4.69, 9.17) is 4.74 Å². The summed E-state index contributed by atoms with van der Waals surface area (Å²) in [6.07, 6.45) is -3.66. The summed E-state index contributed by atoms with van der Waals surface area (Å²) in [6.45, 7) is 0.984. The topological polar surface area (TPSA) is 106 Å². The van der Waals surface area contributed by atoms with Gasteiger partial charge >= 0.3 is 6.18 Å². The third kappa shape index (κ3) is 4.45. The number of pyridine rings is 1. The van der Waals surface area contributed by atoms with Crippen LogP contribution in [0.4, 0.5) is 13.2 Å². The summed E-state index contributed by atoms with van der Waals surface area (Å²) in [5.74, 6) is -0.421. The van der Waals surface area contributed by atoms with Crippen LogP contribution in [0.2, 0.25) is 0 Å². The summed E-state index contributed by atoms with van der Waals surface area (Å²) < 4.78 is 71.8. The predicted molar refractivity (Wildman–Crippen MR) is 105 cm³/mol. The zero-order valence-corrected chi connectivity index (χ0v) is 17.4. The number of alkyl halides is 3. The molecule has 1 aliphatic rings. The maximum atomic E-state index is 12.9. The minimum atomic E-state index is -4.53. The quantitative estimate of drug-likeness (QED) is 0.610. The summed E-state index contributed by atoms with van der Waals surface area (Å²) in [7, 11) is -3.68. The van der Waals surface area contributed by atoms with Gasteiger partial charge in [-0.2, -0.15) is 17.5 Å². The number of morpholine rings is 1. The molecule has 4 rings (SSSR count). The highest BCUT2D eigenvalue weighted by atomic mass is 32.2. The van der Waals surface area contributed by atoms with Crippen molar-refractivity contribution in [2.75, 3.05) is 26.3 Å². The monoisotopic (exact) mass is 469 g/mol.